The van der Waals surface area contributed by atoms with Gasteiger partial charge in [0.05, 0.1) is 0 Å². The number of hydrogen-bond acceptors (Lipinski definition) is 6. The lowest BCUT2D eigenvalue weighted by Crippen LogP contribution is -2.30. The van der Waals surface area contributed by atoms with E-state index in [2.05, 4.69) is 106 Å². The molecule has 330 valence electrons. The summed E-state index contributed by atoms with van der Waals surface area (Å²) in [5, 5.41) is 0. The molecule has 0 bridgehead atoms. The molecule has 58 heavy (non-hydrogen) atoms. The molecule has 6 nitrogen and oxygen atoms in total. The van der Waals surface area contributed by atoms with Crippen molar-refractivity contribution in [2.24, 2.45) is 0 Å². The van der Waals surface area contributed by atoms with Crippen LogP contribution >= 0.6 is 0 Å². The monoisotopic (exact) mass is 807 g/mol. The SMILES string of the molecule is CC/C=C\C/C=C\C/C=C\C/C=C\CCCCCCCCC(=O)OCC(COC(=O)CCCCCCCCCCC)OC(=O)CCCC/C=C\C/C=C\C/C=C\CC. The Bertz CT molecular complexity index is 1160. The number of esters is 3. The van der Waals surface area contributed by atoms with Gasteiger partial charge in [-0.15, -0.1) is 0 Å². The lowest BCUT2D eigenvalue weighted by atomic mass is 10.1. The molecule has 1 atom stereocenters. The second kappa shape index (κ2) is 46.3. The minimum atomic E-state index is -0.799. The number of allylic oxidation sites excluding steroid dienone is 14. The molecule has 1 unspecified atom stereocenters. The van der Waals surface area contributed by atoms with Crippen LogP contribution in [0.4, 0.5) is 0 Å². The molecule has 0 amide bonds. The first kappa shape index (κ1) is 54.6. The zero-order valence-electron chi connectivity index (χ0n) is 37.5. The number of ether oxygens (including phenoxy) is 3. The van der Waals surface area contributed by atoms with Crippen LogP contribution in [0.5, 0.6) is 0 Å². The summed E-state index contributed by atoms with van der Waals surface area (Å²) in [4.78, 5) is 37.7. The van der Waals surface area contributed by atoms with Crippen molar-refractivity contribution in [3.05, 3.63) is 85.1 Å². The van der Waals surface area contributed by atoms with Crippen LogP contribution in [-0.4, -0.2) is 37.2 Å². The third kappa shape index (κ3) is 43.7. The predicted molar refractivity (Wildman–Crippen MR) is 247 cm³/mol. The molecule has 0 radical (unpaired) electrons. The smallest absolute Gasteiger partial charge is 0.306 e. The fourth-order valence-corrected chi connectivity index (χ4v) is 6.15. The van der Waals surface area contributed by atoms with Crippen LogP contribution in [0, 0.1) is 0 Å². The van der Waals surface area contributed by atoms with E-state index < -0.39 is 6.10 Å². The highest BCUT2D eigenvalue weighted by atomic mass is 16.6. The molecule has 0 aromatic heterocycles. The molecule has 0 saturated carbocycles. The zero-order chi connectivity index (χ0) is 42.3. The van der Waals surface area contributed by atoms with Crippen molar-refractivity contribution in [2.45, 2.75) is 213 Å². The Morgan fingerprint density at radius 2 is 0.672 bits per heavy atom. The largest absolute Gasteiger partial charge is 0.462 e. The summed E-state index contributed by atoms with van der Waals surface area (Å²) in [5.41, 5.74) is 0. The summed E-state index contributed by atoms with van der Waals surface area (Å²) < 4.78 is 16.7. The Morgan fingerprint density at radius 3 is 1.09 bits per heavy atom. The highest BCUT2D eigenvalue weighted by Crippen LogP contribution is 2.13. The van der Waals surface area contributed by atoms with E-state index in [1.54, 1.807) is 0 Å². The van der Waals surface area contributed by atoms with Crippen LogP contribution in [-0.2, 0) is 28.6 Å². The van der Waals surface area contributed by atoms with Gasteiger partial charge in [0.15, 0.2) is 6.10 Å². The van der Waals surface area contributed by atoms with Crippen LogP contribution in [0.3, 0.4) is 0 Å². The van der Waals surface area contributed by atoms with E-state index in [9.17, 15) is 14.4 Å². The van der Waals surface area contributed by atoms with Crippen molar-refractivity contribution in [3.63, 3.8) is 0 Å². The topological polar surface area (TPSA) is 78.9 Å². The highest BCUT2D eigenvalue weighted by molar-refractivity contribution is 5.71. The van der Waals surface area contributed by atoms with Gasteiger partial charge in [-0.3, -0.25) is 14.4 Å². The van der Waals surface area contributed by atoms with Crippen molar-refractivity contribution >= 4 is 17.9 Å². The molecule has 6 heteroatoms. The van der Waals surface area contributed by atoms with Gasteiger partial charge in [0.2, 0.25) is 0 Å². The van der Waals surface area contributed by atoms with Crippen molar-refractivity contribution in [2.75, 3.05) is 13.2 Å². The molecule has 0 aromatic rings. The number of rotatable bonds is 41. The lowest BCUT2D eigenvalue weighted by molar-refractivity contribution is -0.167. The Kier molecular flexibility index (Phi) is 43.6. The van der Waals surface area contributed by atoms with Gasteiger partial charge in [0.25, 0.3) is 0 Å². The lowest BCUT2D eigenvalue weighted by Gasteiger charge is -2.18. The summed E-state index contributed by atoms with van der Waals surface area (Å²) in [5.74, 6) is -0.960. The van der Waals surface area contributed by atoms with Gasteiger partial charge in [0.1, 0.15) is 13.2 Å². The fraction of sp³-hybridized carbons (Fsp3) is 0.673. The van der Waals surface area contributed by atoms with Crippen molar-refractivity contribution in [3.8, 4) is 0 Å². The molecule has 0 fully saturated rings. The summed E-state index contributed by atoms with van der Waals surface area (Å²) >= 11 is 0. The predicted octanol–water partition coefficient (Wildman–Crippen LogP) is 15.3. The molecule has 0 spiro atoms. The summed E-state index contributed by atoms with van der Waals surface area (Å²) in [6.45, 7) is 6.32. The number of carbonyl (C=O) groups excluding carboxylic acids is 3. The number of unbranched alkanes of at least 4 members (excludes halogenated alkanes) is 16. The molecule has 0 aromatic carbocycles. The molecule has 0 N–H and O–H groups in total. The van der Waals surface area contributed by atoms with Crippen LogP contribution < -0.4 is 0 Å². The molecular formula is C52H86O6. The molecular weight excluding hydrogens is 721 g/mol. The molecule has 0 aliphatic rings. The van der Waals surface area contributed by atoms with Gasteiger partial charge < -0.3 is 14.2 Å². The fourth-order valence-electron chi connectivity index (χ4n) is 6.15. The first-order chi connectivity index (χ1) is 28.5. The maximum atomic E-state index is 12.7. The summed E-state index contributed by atoms with van der Waals surface area (Å²) in [6.07, 6.45) is 58.6. The van der Waals surface area contributed by atoms with Gasteiger partial charge in [-0.2, -0.15) is 0 Å². The molecule has 0 heterocycles. The molecule has 0 rings (SSSR count). The van der Waals surface area contributed by atoms with Crippen molar-refractivity contribution in [1.82, 2.24) is 0 Å². The normalized spacial score (nSPS) is 12.8. The standard InChI is InChI=1S/C52H86O6/c1-4-7-10-13-16-19-21-23-24-25-26-27-28-29-31-33-36-39-42-45-51(54)57-48-49(47-56-50(53)44-41-38-35-32-18-15-12-9-6-3)58-52(55)46-43-40-37-34-30-22-20-17-14-11-8-5-2/h7-8,10-11,16-17,19-20,23-24,26-27,30,34,49H,4-6,9,12-15,18,21-22,25,28-29,31-33,35-48H2,1-3H3/b10-7-,11-8-,19-16-,20-17-,24-23-,27-26-,34-30-. The van der Waals surface area contributed by atoms with Crippen molar-refractivity contribution < 1.29 is 28.6 Å². The number of hydrogen-bond donors (Lipinski definition) is 0. The van der Waals surface area contributed by atoms with Gasteiger partial charge in [0, 0.05) is 19.3 Å². The van der Waals surface area contributed by atoms with Crippen LogP contribution in [0.1, 0.15) is 207 Å². The van der Waals surface area contributed by atoms with Crippen LogP contribution in [0.2, 0.25) is 0 Å². The zero-order valence-corrected chi connectivity index (χ0v) is 37.5. The first-order valence-electron chi connectivity index (χ1n) is 23.6. The first-order valence-corrected chi connectivity index (χ1v) is 23.6. The third-order valence-electron chi connectivity index (χ3n) is 9.65. The average Bonchev–Trinajstić information content (AvgIpc) is 3.22. The third-order valence-corrected chi connectivity index (χ3v) is 9.65. The maximum Gasteiger partial charge on any atom is 0.306 e. The number of carbonyl (C=O) groups is 3. The van der Waals surface area contributed by atoms with Crippen LogP contribution in [0.15, 0.2) is 85.1 Å². The van der Waals surface area contributed by atoms with E-state index in [4.69, 9.17) is 14.2 Å². The Morgan fingerprint density at radius 1 is 0.362 bits per heavy atom. The second-order valence-corrected chi connectivity index (χ2v) is 15.3. The highest BCUT2D eigenvalue weighted by Gasteiger charge is 2.19. The summed E-state index contributed by atoms with van der Waals surface area (Å²) in [6, 6.07) is 0. The minimum Gasteiger partial charge on any atom is -0.462 e. The van der Waals surface area contributed by atoms with Crippen molar-refractivity contribution in [1.29, 1.82) is 0 Å². The Labute approximate surface area is 356 Å². The van der Waals surface area contributed by atoms with Gasteiger partial charge in [-0.1, -0.05) is 183 Å². The van der Waals surface area contributed by atoms with E-state index in [0.29, 0.717) is 19.3 Å². The average molecular weight is 807 g/mol. The van der Waals surface area contributed by atoms with E-state index in [1.165, 1.54) is 51.4 Å². The van der Waals surface area contributed by atoms with Gasteiger partial charge >= 0.3 is 17.9 Å². The van der Waals surface area contributed by atoms with Gasteiger partial charge in [-0.25, -0.2) is 0 Å². The van der Waals surface area contributed by atoms with E-state index >= 15 is 0 Å². The van der Waals surface area contributed by atoms with E-state index in [-0.39, 0.29) is 37.5 Å². The maximum absolute atomic E-state index is 12.7. The molecule has 0 saturated heterocycles. The molecule has 0 aliphatic heterocycles. The molecule has 0 aliphatic carbocycles. The van der Waals surface area contributed by atoms with E-state index in [0.717, 1.165) is 109 Å². The van der Waals surface area contributed by atoms with E-state index in [1.807, 2.05) is 0 Å². The minimum absolute atomic E-state index is 0.0965. The second-order valence-electron chi connectivity index (χ2n) is 15.3. The Balaban J connectivity index is 4.39. The van der Waals surface area contributed by atoms with Gasteiger partial charge in [-0.05, 0) is 89.9 Å². The Hall–Kier alpha value is -3.41. The summed E-state index contributed by atoms with van der Waals surface area (Å²) in [7, 11) is 0. The van der Waals surface area contributed by atoms with Crippen LogP contribution in [0.25, 0.3) is 0 Å². The quantitative estimate of drug-likeness (QED) is 0.0265.